The van der Waals surface area contributed by atoms with Gasteiger partial charge in [0.2, 0.25) is 0 Å². The number of carbonyl (C=O) groups excluding carboxylic acids is 2. The monoisotopic (exact) mass is 543 g/mol. The molecule has 0 spiro atoms. The molecule has 38 heavy (non-hydrogen) atoms. The van der Waals surface area contributed by atoms with Crippen LogP contribution in [0.4, 0.5) is 0 Å². The van der Waals surface area contributed by atoms with Gasteiger partial charge in [-0.2, -0.15) is 0 Å². The van der Waals surface area contributed by atoms with E-state index in [-0.39, 0.29) is 29.8 Å². The van der Waals surface area contributed by atoms with Crippen LogP contribution in [0, 0.1) is 24.2 Å². The quantitative estimate of drug-likeness (QED) is 0.301. The Balaban J connectivity index is 1.63. The van der Waals surface area contributed by atoms with Crippen LogP contribution in [0.1, 0.15) is 82.9 Å². The van der Waals surface area contributed by atoms with E-state index in [0.717, 1.165) is 40.1 Å². The molecular formula is C30H41NO6S. The molecule has 1 aromatic heterocycles. The number of allylic oxidation sites excluding steroid dienone is 1. The number of aryl methyl sites for hydroxylation is 1. The number of Topliss-reactive ketones (excluding diaryl/α,β-unsaturated/α-hetero) is 1. The maximum Gasteiger partial charge on any atom is 0.309 e. The number of aromatic nitrogens is 1. The Bertz CT molecular complexity index is 1190. The summed E-state index contributed by atoms with van der Waals surface area (Å²) in [6.45, 7) is 13.0. The molecule has 7 nitrogen and oxygen atoms in total. The van der Waals surface area contributed by atoms with Gasteiger partial charge in [0.1, 0.15) is 11.9 Å². The van der Waals surface area contributed by atoms with Crippen LogP contribution in [-0.4, -0.2) is 50.9 Å². The number of carbonyl (C=O) groups is 2. The number of aliphatic hydroxyl groups excluding tert-OH is 2. The molecule has 2 saturated heterocycles. The van der Waals surface area contributed by atoms with Gasteiger partial charge in [-0.15, -0.1) is 17.9 Å². The van der Waals surface area contributed by atoms with E-state index in [0.29, 0.717) is 12.8 Å². The molecule has 8 heteroatoms. The van der Waals surface area contributed by atoms with Gasteiger partial charge in [0.25, 0.3) is 0 Å². The summed E-state index contributed by atoms with van der Waals surface area (Å²) in [4.78, 5) is 31.3. The van der Waals surface area contributed by atoms with Crippen LogP contribution in [-0.2, 0) is 19.1 Å². The lowest BCUT2D eigenvalue weighted by atomic mass is 9.71. The summed E-state index contributed by atoms with van der Waals surface area (Å²) in [7, 11) is 0. The maximum absolute atomic E-state index is 13.6. The molecule has 0 aliphatic carbocycles. The number of benzene rings is 1. The zero-order chi connectivity index (χ0) is 27.8. The molecular weight excluding hydrogens is 502 g/mol. The Morgan fingerprint density at radius 3 is 2.68 bits per heavy atom. The van der Waals surface area contributed by atoms with Gasteiger partial charge >= 0.3 is 5.97 Å². The first kappa shape index (κ1) is 28.9. The summed E-state index contributed by atoms with van der Waals surface area (Å²) < 4.78 is 13.2. The highest BCUT2D eigenvalue weighted by Crippen LogP contribution is 2.47. The zero-order valence-corrected chi connectivity index (χ0v) is 23.9. The Hall–Kier alpha value is -2.13. The molecule has 208 valence electrons. The van der Waals surface area contributed by atoms with Crippen molar-refractivity contribution in [2.75, 3.05) is 0 Å². The lowest BCUT2D eigenvalue weighted by Gasteiger charge is -2.35. The van der Waals surface area contributed by atoms with E-state index < -0.39 is 35.6 Å². The van der Waals surface area contributed by atoms with E-state index >= 15 is 0 Å². The average molecular weight is 544 g/mol. The van der Waals surface area contributed by atoms with Crippen molar-refractivity contribution >= 4 is 33.3 Å². The minimum absolute atomic E-state index is 0.0715. The van der Waals surface area contributed by atoms with Crippen molar-refractivity contribution in [3.05, 3.63) is 41.4 Å². The Labute approximate surface area is 229 Å². The molecule has 2 fully saturated rings. The topological polar surface area (TPSA) is 109 Å². The largest absolute Gasteiger partial charge is 0.457 e. The van der Waals surface area contributed by atoms with Crippen molar-refractivity contribution in [3.63, 3.8) is 0 Å². The second-order valence-corrected chi connectivity index (χ2v) is 13.1. The van der Waals surface area contributed by atoms with E-state index in [1.165, 1.54) is 0 Å². The van der Waals surface area contributed by atoms with E-state index in [2.05, 4.69) is 18.5 Å². The maximum atomic E-state index is 13.6. The highest BCUT2D eigenvalue weighted by atomic mass is 32.1. The standard InChI is InChI=1S/C30H41NO6S/c1-7-9-20-27(34)17(2)10-8-13-30(6)25(37-30)15-22(19-11-12-23-21(14-19)31-18(3)38-23)36-26(33)16-24(32)29(4,5)28(20)35/h7,11-12,14,17,20,22,24-25,27,32,34H,1,8-10,13,15-16H2,2-6H3/t17-,20+,22?,24?,25?,27-,30+/m0/s1. The minimum atomic E-state index is -1.27. The molecule has 0 amide bonds. The Kier molecular flexibility index (Phi) is 8.48. The molecule has 0 radical (unpaired) electrons. The van der Waals surface area contributed by atoms with Crippen LogP contribution >= 0.6 is 11.3 Å². The molecule has 0 saturated carbocycles. The summed E-state index contributed by atoms with van der Waals surface area (Å²) >= 11 is 1.61. The van der Waals surface area contributed by atoms with Gasteiger partial charge in [0.15, 0.2) is 0 Å². The first-order chi connectivity index (χ1) is 17.9. The Morgan fingerprint density at radius 1 is 1.24 bits per heavy atom. The number of cyclic esters (lactones) is 1. The van der Waals surface area contributed by atoms with Gasteiger partial charge in [-0.25, -0.2) is 4.98 Å². The summed E-state index contributed by atoms with van der Waals surface area (Å²) in [5.74, 6) is -1.68. The molecule has 7 atom stereocenters. The first-order valence-corrected chi connectivity index (χ1v) is 14.4. The van der Waals surface area contributed by atoms with Crippen molar-refractivity contribution < 1.29 is 29.3 Å². The van der Waals surface area contributed by atoms with Crippen molar-refractivity contribution in [1.82, 2.24) is 4.98 Å². The molecule has 0 bridgehead atoms. The first-order valence-electron chi connectivity index (χ1n) is 13.6. The molecule has 1 aromatic carbocycles. The van der Waals surface area contributed by atoms with Crippen LogP contribution in [0.5, 0.6) is 0 Å². The van der Waals surface area contributed by atoms with Crippen LogP contribution in [0.15, 0.2) is 30.9 Å². The summed E-state index contributed by atoms with van der Waals surface area (Å²) in [6, 6.07) is 5.92. The molecule has 2 aliphatic rings. The average Bonchev–Trinajstić information content (AvgIpc) is 3.32. The summed E-state index contributed by atoms with van der Waals surface area (Å²) in [5.41, 5.74) is 0.115. The fourth-order valence-corrected chi connectivity index (χ4v) is 6.51. The predicted molar refractivity (Wildman–Crippen MR) is 148 cm³/mol. The van der Waals surface area contributed by atoms with Crippen molar-refractivity contribution in [2.45, 2.75) is 103 Å². The molecule has 3 heterocycles. The van der Waals surface area contributed by atoms with Gasteiger partial charge in [-0.1, -0.05) is 39.3 Å². The summed E-state index contributed by atoms with van der Waals surface area (Å²) in [6.07, 6.45) is 1.71. The highest BCUT2D eigenvalue weighted by molar-refractivity contribution is 7.18. The fraction of sp³-hybridized carbons (Fsp3) is 0.633. The number of hydrogen-bond acceptors (Lipinski definition) is 8. The number of rotatable bonds is 3. The SMILES string of the molecule is C=CC[C@H]1C(=O)C(C)(C)C(O)CC(=O)OC(c2ccc3sc(C)nc3c2)CC2O[C@]2(C)CCC[C@H](C)[C@@H]1O. The third-order valence-corrected chi connectivity index (χ3v) is 9.49. The lowest BCUT2D eigenvalue weighted by molar-refractivity contribution is -0.156. The van der Waals surface area contributed by atoms with Gasteiger partial charge < -0.3 is 19.7 Å². The number of epoxide rings is 1. The van der Waals surface area contributed by atoms with Crippen molar-refractivity contribution in [2.24, 2.45) is 17.3 Å². The fourth-order valence-electron chi connectivity index (χ4n) is 5.70. The number of nitrogens with zero attached hydrogens (tertiary/aromatic N) is 1. The second kappa shape index (κ2) is 11.2. The molecule has 2 N–H and O–H groups in total. The van der Waals surface area contributed by atoms with E-state index in [1.54, 1.807) is 31.3 Å². The van der Waals surface area contributed by atoms with E-state index in [1.807, 2.05) is 32.0 Å². The minimum Gasteiger partial charge on any atom is -0.457 e. The number of thiazole rings is 1. The second-order valence-electron chi connectivity index (χ2n) is 11.9. The predicted octanol–water partition coefficient (Wildman–Crippen LogP) is 5.46. The van der Waals surface area contributed by atoms with Gasteiger partial charge in [0, 0.05) is 12.3 Å². The third kappa shape index (κ3) is 6.03. The van der Waals surface area contributed by atoms with Crippen LogP contribution in [0.2, 0.25) is 0 Å². The van der Waals surface area contributed by atoms with Gasteiger partial charge in [-0.3, -0.25) is 9.59 Å². The van der Waals surface area contributed by atoms with E-state index in [9.17, 15) is 19.8 Å². The number of ether oxygens (including phenoxy) is 2. The number of esters is 1. The molecule has 2 aromatic rings. The number of ketones is 1. The van der Waals surface area contributed by atoms with E-state index in [4.69, 9.17) is 9.47 Å². The summed E-state index contributed by atoms with van der Waals surface area (Å²) in [5, 5.41) is 23.2. The third-order valence-electron chi connectivity index (χ3n) is 8.54. The van der Waals surface area contributed by atoms with Crippen LogP contribution in [0.3, 0.4) is 0 Å². The number of hydrogen-bond donors (Lipinski definition) is 2. The van der Waals surface area contributed by atoms with Crippen LogP contribution < -0.4 is 0 Å². The molecule has 2 aliphatic heterocycles. The molecule has 3 unspecified atom stereocenters. The zero-order valence-electron chi connectivity index (χ0n) is 23.1. The van der Waals surface area contributed by atoms with Crippen LogP contribution in [0.25, 0.3) is 10.2 Å². The van der Waals surface area contributed by atoms with Gasteiger partial charge in [-0.05, 0) is 56.7 Å². The van der Waals surface area contributed by atoms with Crippen molar-refractivity contribution in [1.29, 1.82) is 0 Å². The smallest absolute Gasteiger partial charge is 0.309 e. The lowest BCUT2D eigenvalue weighted by Crippen LogP contribution is -2.46. The number of aliphatic hydroxyl groups is 2. The normalized spacial score (nSPS) is 34.9. The Morgan fingerprint density at radius 2 is 1.97 bits per heavy atom. The van der Waals surface area contributed by atoms with Gasteiger partial charge in [0.05, 0.1) is 51.0 Å². The van der Waals surface area contributed by atoms with Crippen molar-refractivity contribution in [3.8, 4) is 0 Å². The molecule has 4 rings (SSSR count). The number of fused-ring (bicyclic) bond motifs is 2. The highest BCUT2D eigenvalue weighted by Gasteiger charge is 2.53.